The molecule has 0 saturated heterocycles. The average molecular weight is 397 g/mol. The highest BCUT2D eigenvalue weighted by molar-refractivity contribution is 7.79. The molecule has 9 heteroatoms. The maximum Gasteiger partial charge on any atom is 0.281 e. The van der Waals surface area contributed by atoms with Crippen LogP contribution >= 0.6 is 0 Å². The summed E-state index contributed by atoms with van der Waals surface area (Å²) in [4.78, 5) is 0. The maximum absolute atomic E-state index is 14.1. The predicted octanol–water partition coefficient (Wildman–Crippen LogP) is 4.00. The topological polar surface area (TPSA) is 90.5 Å². The summed E-state index contributed by atoms with van der Waals surface area (Å²) in [6.07, 6.45) is -2.99. The van der Waals surface area contributed by atoms with Crippen molar-refractivity contribution in [1.29, 1.82) is 5.26 Å². The number of rotatable bonds is 4. The second-order valence-corrected chi connectivity index (χ2v) is 7.45. The summed E-state index contributed by atoms with van der Waals surface area (Å²) in [7, 11) is 0. The predicted molar refractivity (Wildman–Crippen MR) is 90.4 cm³/mol. The van der Waals surface area contributed by atoms with Crippen LogP contribution in [-0.2, 0) is 17.5 Å². The van der Waals surface area contributed by atoms with Gasteiger partial charge in [0.05, 0.1) is 16.9 Å². The van der Waals surface area contributed by atoms with Gasteiger partial charge < -0.3 is 14.4 Å². The molecule has 3 atom stereocenters. The number of halogens is 3. The van der Waals surface area contributed by atoms with Gasteiger partial charge >= 0.3 is 0 Å². The third kappa shape index (κ3) is 3.56. The van der Waals surface area contributed by atoms with E-state index in [-0.39, 0.29) is 33.8 Å². The van der Waals surface area contributed by atoms with Gasteiger partial charge in [0, 0.05) is 18.1 Å². The molecule has 0 aromatic heterocycles. The van der Waals surface area contributed by atoms with Crippen LogP contribution in [0.4, 0.5) is 13.2 Å². The minimum absolute atomic E-state index is 0.00655. The second kappa shape index (κ2) is 6.96. The van der Waals surface area contributed by atoms with Crippen LogP contribution < -0.4 is 4.74 Å². The first-order valence-corrected chi connectivity index (χ1v) is 9.01. The smallest absolute Gasteiger partial charge is 0.281 e. The van der Waals surface area contributed by atoms with Gasteiger partial charge in [0.2, 0.25) is 0 Å². The van der Waals surface area contributed by atoms with Gasteiger partial charge in [-0.3, -0.25) is 0 Å². The number of fused-ring (bicyclic) bond motifs is 1. The van der Waals surface area contributed by atoms with Crippen LogP contribution in [0.3, 0.4) is 0 Å². The lowest BCUT2D eigenvalue weighted by Crippen LogP contribution is -2.22. The zero-order chi connectivity index (χ0) is 19.9. The Morgan fingerprint density at radius 3 is 2.70 bits per heavy atom. The van der Waals surface area contributed by atoms with E-state index in [1.807, 2.05) is 0 Å². The molecule has 2 N–H and O–H groups in total. The van der Waals surface area contributed by atoms with E-state index >= 15 is 0 Å². The maximum atomic E-state index is 14.1. The largest absolute Gasteiger partial charge is 0.457 e. The number of hydrogen-bond acceptors (Lipinski definition) is 4. The molecule has 0 amide bonds. The van der Waals surface area contributed by atoms with Gasteiger partial charge in [-0.2, -0.15) is 5.26 Å². The molecule has 27 heavy (non-hydrogen) atoms. The van der Waals surface area contributed by atoms with Gasteiger partial charge in [0.25, 0.3) is 5.92 Å². The van der Waals surface area contributed by atoms with Crippen molar-refractivity contribution in [3.63, 3.8) is 0 Å². The van der Waals surface area contributed by atoms with Gasteiger partial charge in [-0.05, 0) is 36.2 Å². The van der Waals surface area contributed by atoms with E-state index < -0.39 is 40.6 Å². The number of alkyl halides is 2. The molecule has 0 spiro atoms. The van der Waals surface area contributed by atoms with Crippen molar-refractivity contribution < 1.29 is 31.8 Å². The molecule has 0 fully saturated rings. The van der Waals surface area contributed by atoms with Gasteiger partial charge in [-0.25, -0.2) is 17.4 Å². The van der Waals surface area contributed by atoms with E-state index in [4.69, 9.17) is 10.00 Å². The Bertz CT molecular complexity index is 974. The summed E-state index contributed by atoms with van der Waals surface area (Å²) in [5.74, 6) is -4.32. The SMILES string of the molecule is C[C@@H](c1ccc(Oc2cc(F)cc(C#N)c2)c2c1[C@H](O)C(F)(F)C2)S(=O)O. The Balaban J connectivity index is 2.11. The molecule has 0 radical (unpaired) electrons. The summed E-state index contributed by atoms with van der Waals surface area (Å²) in [6, 6.07) is 7.65. The number of ether oxygens (including phenoxy) is 1. The monoisotopic (exact) mass is 397 g/mol. The molecule has 1 unspecified atom stereocenters. The lowest BCUT2D eigenvalue weighted by atomic mass is 9.99. The van der Waals surface area contributed by atoms with Crippen LogP contribution in [0.5, 0.6) is 11.5 Å². The number of nitriles is 1. The summed E-state index contributed by atoms with van der Waals surface area (Å²) in [5.41, 5.74) is -0.0814. The molecule has 3 rings (SSSR count). The Morgan fingerprint density at radius 2 is 2.07 bits per heavy atom. The first-order chi connectivity index (χ1) is 12.6. The molecule has 0 heterocycles. The fourth-order valence-corrected chi connectivity index (χ4v) is 3.51. The minimum atomic E-state index is -3.48. The molecular formula is C18H14F3NO4S. The first-order valence-electron chi connectivity index (χ1n) is 7.84. The van der Waals surface area contributed by atoms with Crippen molar-refractivity contribution in [1.82, 2.24) is 0 Å². The van der Waals surface area contributed by atoms with Gasteiger partial charge in [0.15, 0.2) is 11.1 Å². The first kappa shape index (κ1) is 19.4. The lowest BCUT2D eigenvalue weighted by Gasteiger charge is -2.19. The highest BCUT2D eigenvalue weighted by Gasteiger charge is 2.49. The third-order valence-electron chi connectivity index (χ3n) is 4.40. The van der Waals surface area contributed by atoms with E-state index in [0.29, 0.717) is 0 Å². The Kier molecular flexibility index (Phi) is 4.99. The van der Waals surface area contributed by atoms with Crippen molar-refractivity contribution in [2.75, 3.05) is 0 Å². The minimum Gasteiger partial charge on any atom is -0.457 e. The molecule has 2 aromatic carbocycles. The standard InChI is InChI=1S/C18H14F3NO4S/c1-9(27(24)25)13-2-3-15(14-7-18(20,21)17(23)16(13)14)26-12-5-10(8-22)4-11(19)6-12/h2-6,9,17,23H,7H2,1H3,(H,24,25)/t9-,17-/m0/s1. The quantitative estimate of drug-likeness (QED) is 0.761. The van der Waals surface area contributed by atoms with Crippen LogP contribution in [0.1, 0.15) is 40.5 Å². The number of aliphatic hydroxyl groups excluding tert-OH is 1. The van der Waals surface area contributed by atoms with Crippen LogP contribution in [0, 0.1) is 17.1 Å². The fourth-order valence-electron chi connectivity index (χ4n) is 3.08. The summed E-state index contributed by atoms with van der Waals surface area (Å²) < 4.78 is 68.1. The van der Waals surface area contributed by atoms with Crippen LogP contribution in [0.15, 0.2) is 30.3 Å². The van der Waals surface area contributed by atoms with Crippen molar-refractivity contribution in [3.05, 3.63) is 58.4 Å². The zero-order valence-corrected chi connectivity index (χ0v) is 14.8. The fraction of sp³-hybridized carbons (Fsp3) is 0.278. The van der Waals surface area contributed by atoms with Crippen molar-refractivity contribution in [3.8, 4) is 17.6 Å². The molecule has 142 valence electrons. The number of nitrogens with zero attached hydrogens (tertiary/aromatic N) is 1. The van der Waals surface area contributed by atoms with Crippen molar-refractivity contribution in [2.45, 2.75) is 30.6 Å². The Hall–Kier alpha value is -2.41. The molecule has 5 nitrogen and oxygen atoms in total. The summed E-state index contributed by atoms with van der Waals surface area (Å²) in [5, 5.41) is 17.9. The van der Waals surface area contributed by atoms with Crippen molar-refractivity contribution >= 4 is 11.1 Å². The molecular weight excluding hydrogens is 383 g/mol. The molecule has 0 aliphatic heterocycles. The normalized spacial score (nSPS) is 19.8. The average Bonchev–Trinajstić information content (AvgIpc) is 2.84. The number of aliphatic hydroxyl groups is 1. The van der Waals surface area contributed by atoms with Crippen LogP contribution in [-0.4, -0.2) is 19.8 Å². The van der Waals surface area contributed by atoms with Gasteiger partial charge in [-0.15, -0.1) is 0 Å². The summed E-state index contributed by atoms with van der Waals surface area (Å²) in [6.45, 7) is 1.38. The third-order valence-corrected chi connectivity index (χ3v) is 5.26. The highest BCUT2D eigenvalue weighted by Crippen LogP contribution is 2.50. The van der Waals surface area contributed by atoms with E-state index in [1.165, 1.54) is 25.1 Å². The van der Waals surface area contributed by atoms with Crippen LogP contribution in [0.25, 0.3) is 0 Å². The lowest BCUT2D eigenvalue weighted by molar-refractivity contribution is -0.0971. The van der Waals surface area contributed by atoms with E-state index in [2.05, 4.69) is 0 Å². The molecule has 2 aromatic rings. The van der Waals surface area contributed by atoms with E-state index in [9.17, 15) is 27.0 Å². The Morgan fingerprint density at radius 1 is 1.37 bits per heavy atom. The van der Waals surface area contributed by atoms with Gasteiger partial charge in [-0.1, -0.05) is 6.07 Å². The summed E-state index contributed by atoms with van der Waals surface area (Å²) >= 11 is -2.33. The molecule has 0 saturated carbocycles. The molecule has 1 aliphatic rings. The van der Waals surface area contributed by atoms with E-state index in [1.54, 1.807) is 6.07 Å². The highest BCUT2D eigenvalue weighted by atomic mass is 32.2. The zero-order valence-electron chi connectivity index (χ0n) is 13.9. The van der Waals surface area contributed by atoms with Crippen molar-refractivity contribution in [2.24, 2.45) is 0 Å². The second-order valence-electron chi connectivity index (χ2n) is 6.19. The van der Waals surface area contributed by atoms with Gasteiger partial charge in [0.1, 0.15) is 23.4 Å². The molecule has 0 bridgehead atoms. The van der Waals surface area contributed by atoms with Crippen LogP contribution in [0.2, 0.25) is 0 Å². The Labute approximate surface area is 155 Å². The van der Waals surface area contributed by atoms with E-state index in [0.717, 1.165) is 12.1 Å². The molecule has 1 aliphatic carbocycles. The number of benzene rings is 2. The number of hydrogen-bond donors (Lipinski definition) is 2.